The molecule has 0 radical (unpaired) electrons. The van der Waals surface area contributed by atoms with Crippen LogP contribution in [-0.4, -0.2) is 20.4 Å². The smallest absolute Gasteiger partial charge is 0.164 e. The van der Waals surface area contributed by atoms with Crippen molar-refractivity contribution >= 4 is 54.6 Å². The molecule has 0 amide bonds. The molecule has 0 spiro atoms. The summed E-state index contributed by atoms with van der Waals surface area (Å²) in [6, 6.07) is 6.76. The number of imidazole rings is 1. The molecular formula is C14H9Br2ClFN3. The molecule has 0 saturated carbocycles. The van der Waals surface area contributed by atoms with Crippen LogP contribution in [0.2, 0.25) is 0 Å². The van der Waals surface area contributed by atoms with E-state index < -0.39 is 0 Å². The van der Waals surface area contributed by atoms with Gasteiger partial charge in [0.25, 0.3) is 0 Å². The molecule has 0 N–H and O–H groups in total. The molecule has 0 aliphatic carbocycles. The summed E-state index contributed by atoms with van der Waals surface area (Å²) in [7, 11) is 0. The Kier molecular flexibility index (Phi) is 4.28. The van der Waals surface area contributed by atoms with Crippen LogP contribution in [0.3, 0.4) is 0 Å². The van der Waals surface area contributed by atoms with Crippen molar-refractivity contribution in [2.24, 2.45) is 0 Å². The van der Waals surface area contributed by atoms with Gasteiger partial charge in [0.15, 0.2) is 5.65 Å². The van der Waals surface area contributed by atoms with Crippen molar-refractivity contribution in [2.75, 3.05) is 5.88 Å². The van der Waals surface area contributed by atoms with Crippen LogP contribution >= 0.6 is 43.5 Å². The quantitative estimate of drug-likeness (QED) is 0.552. The van der Waals surface area contributed by atoms with Crippen LogP contribution in [0.25, 0.3) is 16.9 Å². The topological polar surface area (TPSA) is 30.7 Å². The number of halogens is 4. The minimum absolute atomic E-state index is 0.343. The van der Waals surface area contributed by atoms with Crippen molar-refractivity contribution in [3.8, 4) is 5.69 Å². The highest BCUT2D eigenvalue weighted by molar-refractivity contribution is 9.10. The molecule has 2 aromatic heterocycles. The fourth-order valence-corrected chi connectivity index (χ4v) is 2.98. The number of pyridine rings is 1. The van der Waals surface area contributed by atoms with Crippen LogP contribution in [0.5, 0.6) is 0 Å². The summed E-state index contributed by atoms with van der Waals surface area (Å²) in [6.45, 7) is 0. The van der Waals surface area contributed by atoms with E-state index >= 15 is 0 Å². The standard InChI is InChI=1S/C14H9Br2ClFN3/c15-8-1-2-12(10(18)5-8)21-13(3-4-17)20-11-6-9(16)7-19-14(11)21/h1-2,5-7H,3-4H2. The number of aryl methyl sites for hydroxylation is 1. The molecule has 0 aliphatic rings. The summed E-state index contributed by atoms with van der Waals surface area (Å²) in [5.41, 5.74) is 1.72. The highest BCUT2D eigenvalue weighted by Crippen LogP contribution is 2.26. The van der Waals surface area contributed by atoms with E-state index in [1.807, 2.05) is 6.07 Å². The first-order chi connectivity index (χ1) is 10.1. The molecule has 7 heteroatoms. The molecule has 0 unspecified atom stereocenters. The second-order valence-corrected chi connectivity index (χ2v) is 6.60. The first-order valence-corrected chi connectivity index (χ1v) is 8.26. The fourth-order valence-electron chi connectivity index (χ4n) is 2.16. The van der Waals surface area contributed by atoms with Gasteiger partial charge >= 0.3 is 0 Å². The highest BCUT2D eigenvalue weighted by atomic mass is 79.9. The summed E-state index contributed by atoms with van der Waals surface area (Å²) < 4.78 is 17.5. The van der Waals surface area contributed by atoms with Gasteiger partial charge in [-0.2, -0.15) is 0 Å². The van der Waals surface area contributed by atoms with Gasteiger partial charge < -0.3 is 0 Å². The lowest BCUT2D eigenvalue weighted by atomic mass is 10.3. The number of hydrogen-bond donors (Lipinski definition) is 0. The number of hydrogen-bond acceptors (Lipinski definition) is 2. The molecule has 1 aromatic carbocycles. The first-order valence-electron chi connectivity index (χ1n) is 6.14. The monoisotopic (exact) mass is 431 g/mol. The van der Waals surface area contributed by atoms with Gasteiger partial charge in [0.1, 0.15) is 17.2 Å². The zero-order chi connectivity index (χ0) is 15.0. The third-order valence-electron chi connectivity index (χ3n) is 3.00. The molecule has 3 nitrogen and oxygen atoms in total. The molecule has 108 valence electrons. The molecule has 3 rings (SSSR count). The summed E-state index contributed by atoms with van der Waals surface area (Å²) >= 11 is 12.5. The number of nitrogens with zero attached hydrogens (tertiary/aromatic N) is 3. The molecule has 0 fully saturated rings. The second-order valence-electron chi connectivity index (χ2n) is 4.39. The van der Waals surface area contributed by atoms with Crippen molar-refractivity contribution in [3.05, 3.63) is 51.0 Å². The van der Waals surface area contributed by atoms with Crippen LogP contribution in [0.15, 0.2) is 39.4 Å². The normalized spacial score (nSPS) is 11.2. The van der Waals surface area contributed by atoms with E-state index in [1.165, 1.54) is 6.07 Å². The zero-order valence-electron chi connectivity index (χ0n) is 10.7. The molecule has 0 atom stereocenters. The molecule has 0 saturated heterocycles. The number of aromatic nitrogens is 3. The van der Waals surface area contributed by atoms with E-state index in [0.29, 0.717) is 39.4 Å². The number of benzene rings is 1. The first kappa shape index (κ1) is 14.9. The van der Waals surface area contributed by atoms with E-state index in [-0.39, 0.29) is 5.82 Å². The van der Waals surface area contributed by atoms with Gasteiger partial charge in [0, 0.05) is 27.4 Å². The lowest BCUT2D eigenvalue weighted by Gasteiger charge is -2.09. The predicted molar refractivity (Wildman–Crippen MR) is 88.6 cm³/mol. The third-order valence-corrected chi connectivity index (χ3v) is 4.12. The molecular weight excluding hydrogens is 424 g/mol. The number of alkyl halides is 1. The van der Waals surface area contributed by atoms with Gasteiger partial charge in [-0.25, -0.2) is 14.4 Å². The van der Waals surface area contributed by atoms with Crippen LogP contribution < -0.4 is 0 Å². The van der Waals surface area contributed by atoms with Gasteiger partial charge in [-0.05, 0) is 40.2 Å². The molecule has 2 heterocycles. The lowest BCUT2D eigenvalue weighted by molar-refractivity contribution is 0.615. The minimum atomic E-state index is -0.343. The summed E-state index contributed by atoms with van der Waals surface area (Å²) in [4.78, 5) is 8.87. The third kappa shape index (κ3) is 2.84. The SMILES string of the molecule is Fc1cc(Br)ccc1-n1c(CCCl)nc2cc(Br)cnc21. The van der Waals surface area contributed by atoms with Crippen LogP contribution in [0, 0.1) is 5.82 Å². The van der Waals surface area contributed by atoms with Crippen molar-refractivity contribution in [1.29, 1.82) is 0 Å². The van der Waals surface area contributed by atoms with Crippen LogP contribution in [0.1, 0.15) is 5.82 Å². The van der Waals surface area contributed by atoms with E-state index in [1.54, 1.807) is 22.9 Å². The van der Waals surface area contributed by atoms with E-state index in [9.17, 15) is 4.39 Å². The van der Waals surface area contributed by atoms with E-state index in [4.69, 9.17) is 11.6 Å². The Balaban J connectivity index is 2.30. The Morgan fingerprint density at radius 1 is 1.19 bits per heavy atom. The zero-order valence-corrected chi connectivity index (χ0v) is 14.6. The van der Waals surface area contributed by atoms with Crippen molar-refractivity contribution in [3.63, 3.8) is 0 Å². The maximum atomic E-state index is 14.3. The van der Waals surface area contributed by atoms with Gasteiger partial charge in [0.2, 0.25) is 0 Å². The fraction of sp³-hybridized carbons (Fsp3) is 0.143. The van der Waals surface area contributed by atoms with Crippen LogP contribution in [0.4, 0.5) is 4.39 Å². The van der Waals surface area contributed by atoms with Crippen LogP contribution in [-0.2, 0) is 6.42 Å². The average Bonchev–Trinajstić information content (AvgIpc) is 2.76. The largest absolute Gasteiger partial charge is 0.278 e. The Morgan fingerprint density at radius 2 is 2.00 bits per heavy atom. The Bertz CT molecular complexity index is 819. The van der Waals surface area contributed by atoms with Gasteiger partial charge in [-0.3, -0.25) is 4.57 Å². The number of fused-ring (bicyclic) bond motifs is 1. The highest BCUT2D eigenvalue weighted by Gasteiger charge is 2.16. The molecule has 3 aromatic rings. The van der Waals surface area contributed by atoms with Gasteiger partial charge in [0.05, 0.1) is 5.69 Å². The minimum Gasteiger partial charge on any atom is -0.278 e. The Labute approximate surface area is 142 Å². The maximum Gasteiger partial charge on any atom is 0.164 e. The van der Waals surface area contributed by atoms with Crippen molar-refractivity contribution < 1.29 is 4.39 Å². The van der Waals surface area contributed by atoms with Crippen molar-refractivity contribution in [2.45, 2.75) is 6.42 Å². The molecule has 21 heavy (non-hydrogen) atoms. The lowest BCUT2D eigenvalue weighted by Crippen LogP contribution is -2.05. The summed E-state index contributed by atoms with van der Waals surface area (Å²) in [5, 5.41) is 0. The molecule has 0 aliphatic heterocycles. The maximum absolute atomic E-state index is 14.3. The molecule has 0 bridgehead atoms. The van der Waals surface area contributed by atoms with Gasteiger partial charge in [-0.15, -0.1) is 11.6 Å². The predicted octanol–water partition coefficient (Wildman–Crippen LogP) is 4.87. The number of rotatable bonds is 3. The second kappa shape index (κ2) is 6.02. The van der Waals surface area contributed by atoms with Crippen molar-refractivity contribution in [1.82, 2.24) is 14.5 Å². The Hall–Kier alpha value is -0.980. The Morgan fingerprint density at radius 3 is 2.71 bits per heavy atom. The van der Waals surface area contributed by atoms with E-state index in [2.05, 4.69) is 41.8 Å². The summed E-state index contributed by atoms with van der Waals surface area (Å²) in [6.07, 6.45) is 2.20. The van der Waals surface area contributed by atoms with E-state index in [0.717, 1.165) is 4.47 Å². The average molecular weight is 434 g/mol. The summed E-state index contributed by atoms with van der Waals surface area (Å²) in [5.74, 6) is 0.749. The van der Waals surface area contributed by atoms with Gasteiger partial charge in [-0.1, -0.05) is 15.9 Å².